The molecule has 1 radical (unpaired) electrons. The van der Waals surface area contributed by atoms with Gasteiger partial charge < -0.3 is 35.1 Å². The van der Waals surface area contributed by atoms with Crippen LogP contribution in [0.5, 0.6) is 5.75 Å². The molecule has 1 heterocycles. The summed E-state index contributed by atoms with van der Waals surface area (Å²) in [5.74, 6) is 0.663. The zero-order valence-corrected chi connectivity index (χ0v) is 23.1. The molecule has 0 unspecified atom stereocenters. The molecule has 0 amide bonds. The van der Waals surface area contributed by atoms with Crippen molar-refractivity contribution in [3.05, 3.63) is 49.4 Å². The molecule has 1 aromatic heterocycles. The molecule has 0 fully saturated rings. The molecular weight excluding hydrogens is 512 g/mol. The molecule has 27 heavy (non-hydrogen) atoms. The van der Waals surface area contributed by atoms with Gasteiger partial charge in [0.25, 0.3) is 0 Å². The summed E-state index contributed by atoms with van der Waals surface area (Å²) in [7, 11) is 1.68. The van der Waals surface area contributed by atoms with Crippen LogP contribution in [0.25, 0.3) is 10.1 Å². The topological polar surface area (TPSA) is 38.8 Å². The summed E-state index contributed by atoms with van der Waals surface area (Å²) in [6, 6.07) is 3.98. The van der Waals surface area contributed by atoms with E-state index in [0.29, 0.717) is 26.1 Å². The minimum Gasteiger partial charge on any atom is -0.496 e. The Kier molecular flexibility index (Phi) is 18.1. The molecule has 0 N–H and O–H groups in total. The summed E-state index contributed by atoms with van der Waals surface area (Å²) in [6.45, 7) is 17.2. The Labute approximate surface area is 218 Å². The van der Waals surface area contributed by atoms with Gasteiger partial charge in [-0.25, -0.2) is 0 Å². The van der Waals surface area contributed by atoms with E-state index < -0.39 is 0 Å². The number of ether oxygens (including phenoxy) is 2. The van der Waals surface area contributed by atoms with Gasteiger partial charge in [-0.3, -0.25) is 4.79 Å². The smallest absolute Gasteiger partial charge is 0.496 e. The quantitative estimate of drug-likeness (QED) is 0.370. The Bertz CT molecular complexity index is 673. The Balaban J connectivity index is 0. The van der Waals surface area contributed by atoms with Crippen molar-refractivity contribution in [3.8, 4) is 5.75 Å². The molecule has 0 aliphatic rings. The van der Waals surface area contributed by atoms with Crippen molar-refractivity contribution >= 4 is 27.4 Å². The molecule has 0 spiro atoms. The Morgan fingerprint density at radius 1 is 1.22 bits per heavy atom. The second-order valence-corrected chi connectivity index (χ2v) is 6.02. The van der Waals surface area contributed by atoms with Gasteiger partial charge >= 0.3 is 38.7 Å². The molecule has 2 rings (SSSR count). The molecule has 0 atom stereocenters. The molecule has 2 aromatic rings. The molecule has 7 heteroatoms. The summed E-state index contributed by atoms with van der Waals surface area (Å²) in [5, 5.41) is 3.12. The minimum absolute atomic E-state index is 0. The van der Waals surface area contributed by atoms with Crippen LogP contribution in [-0.4, -0.2) is 37.7 Å². The van der Waals surface area contributed by atoms with Gasteiger partial charge in [-0.1, -0.05) is 0 Å². The van der Waals surface area contributed by atoms with E-state index in [1.54, 1.807) is 25.4 Å². The number of carbonyl (C=O) groups excluding carboxylic acids is 1. The Morgan fingerprint density at radius 2 is 1.85 bits per heavy atom. The van der Waals surface area contributed by atoms with E-state index in [1.165, 1.54) is 0 Å². The first-order valence-corrected chi connectivity index (χ1v) is 9.25. The number of hydrogen-bond acceptors (Lipinski definition) is 5. The number of benzene rings is 1. The normalized spacial score (nSPS) is 9.74. The first-order valence-electron chi connectivity index (χ1n) is 8.37. The largest absolute Gasteiger partial charge is 3.00 e. The van der Waals surface area contributed by atoms with E-state index in [0.717, 1.165) is 33.5 Å². The fourth-order valence-electron chi connectivity index (χ4n) is 2.53. The van der Waals surface area contributed by atoms with Gasteiger partial charge in [0.1, 0.15) is 5.75 Å². The second-order valence-electron chi connectivity index (χ2n) is 5.14. The van der Waals surface area contributed by atoms with Crippen molar-refractivity contribution < 1.29 is 79.7 Å². The van der Waals surface area contributed by atoms with E-state index in [2.05, 4.69) is 25.7 Å². The van der Waals surface area contributed by atoms with Gasteiger partial charge in [0.05, 0.1) is 20.1 Å². The second kappa shape index (κ2) is 16.4. The zero-order valence-electron chi connectivity index (χ0n) is 16.6. The number of esters is 1. The van der Waals surface area contributed by atoms with Gasteiger partial charge in [0, 0.05) is 49.5 Å². The standard InChI is InChI=1S/C18H23NO3S.C2H5.2Y/c1-5-19(6-2)11-15-16(21-4)9-8-14-13(12-23-18(14)15)10-17(20)22-7-3;1-2;;/h8-9,12H,1-2,5-7,10-11H2,3-4H3;1H2,2H3;;/q-2;-1;;+3. The predicted molar refractivity (Wildman–Crippen MR) is 106 cm³/mol. The number of carbonyl (C=O) groups is 1. The number of methoxy groups -OCH3 is 1. The van der Waals surface area contributed by atoms with E-state index in [-0.39, 0.29) is 71.4 Å². The summed E-state index contributed by atoms with van der Waals surface area (Å²) < 4.78 is 11.7. The van der Waals surface area contributed by atoms with Crippen LogP contribution in [0, 0.1) is 20.8 Å². The van der Waals surface area contributed by atoms with Crippen molar-refractivity contribution in [2.45, 2.75) is 26.8 Å². The fraction of sp³-hybridized carbons (Fsp3) is 0.400. The van der Waals surface area contributed by atoms with Crippen LogP contribution in [0.15, 0.2) is 17.5 Å². The van der Waals surface area contributed by atoms with Crippen molar-refractivity contribution in [1.82, 2.24) is 4.90 Å². The molecule has 0 bridgehead atoms. The molecular formula is C20H28NO3SY2. The summed E-state index contributed by atoms with van der Waals surface area (Å²) in [4.78, 5) is 13.9. The molecule has 143 valence electrons. The van der Waals surface area contributed by atoms with Crippen LogP contribution >= 0.6 is 11.3 Å². The van der Waals surface area contributed by atoms with Crippen LogP contribution in [-0.2, 0) is 87.9 Å². The maximum absolute atomic E-state index is 11.8. The van der Waals surface area contributed by atoms with Crippen molar-refractivity contribution in [1.29, 1.82) is 0 Å². The average Bonchev–Trinajstić information content (AvgIpc) is 3.04. The maximum Gasteiger partial charge on any atom is 3.00 e. The van der Waals surface area contributed by atoms with Crippen LogP contribution in [0.1, 0.15) is 25.0 Å². The molecule has 0 saturated heterocycles. The molecule has 0 aliphatic carbocycles. The SMILES string of the molecule is [CH2-]C.[CH2-]CN(C[CH2-])Cc1c(OC)ccc2c(CC(=O)OCC)csc12.[Y+3].[Y]. The maximum atomic E-state index is 11.8. The molecule has 4 nitrogen and oxygen atoms in total. The third kappa shape index (κ3) is 8.48. The van der Waals surface area contributed by atoms with Gasteiger partial charge in [-0.05, 0) is 35.4 Å². The van der Waals surface area contributed by atoms with E-state index in [9.17, 15) is 4.79 Å². The third-order valence-corrected chi connectivity index (χ3v) is 4.86. The van der Waals surface area contributed by atoms with Crippen molar-refractivity contribution in [3.63, 3.8) is 0 Å². The summed E-state index contributed by atoms with van der Waals surface area (Å²) >= 11 is 1.64. The molecule has 0 saturated carbocycles. The predicted octanol–water partition coefficient (Wildman–Crippen LogP) is 4.32. The third-order valence-electron chi connectivity index (χ3n) is 3.76. The van der Waals surface area contributed by atoms with Crippen LogP contribution in [0.3, 0.4) is 0 Å². The molecule has 0 aliphatic heterocycles. The Morgan fingerprint density at radius 3 is 2.37 bits per heavy atom. The number of hydrogen-bond donors (Lipinski definition) is 0. The number of fused-ring (bicyclic) bond motifs is 1. The first-order chi connectivity index (χ1) is 12.1. The number of nitrogens with zero attached hydrogens (tertiary/aromatic N) is 1. The van der Waals surface area contributed by atoms with Crippen molar-refractivity contribution in [2.75, 3.05) is 26.8 Å². The van der Waals surface area contributed by atoms with E-state index in [1.807, 2.05) is 24.4 Å². The average molecular weight is 540 g/mol. The fourth-order valence-corrected chi connectivity index (χ4v) is 3.63. The zero-order chi connectivity index (χ0) is 18.8. The monoisotopic (exact) mass is 540 g/mol. The van der Waals surface area contributed by atoms with E-state index >= 15 is 0 Å². The Hall–Kier alpha value is 0.618. The minimum atomic E-state index is -0.193. The van der Waals surface area contributed by atoms with Gasteiger partial charge in [-0.2, -0.15) is 6.92 Å². The van der Waals surface area contributed by atoms with Gasteiger partial charge in [-0.15, -0.1) is 24.4 Å². The van der Waals surface area contributed by atoms with Crippen LogP contribution in [0.4, 0.5) is 0 Å². The summed E-state index contributed by atoms with van der Waals surface area (Å²) in [6.07, 6.45) is 0.300. The van der Waals surface area contributed by atoms with Crippen LogP contribution in [0.2, 0.25) is 0 Å². The van der Waals surface area contributed by atoms with Gasteiger partial charge in [0.2, 0.25) is 0 Å². The first kappa shape index (κ1) is 29.8. The number of rotatable bonds is 8. The summed E-state index contributed by atoms with van der Waals surface area (Å²) in [5.41, 5.74) is 2.13. The number of thiophene rings is 1. The molecule has 1 aromatic carbocycles. The van der Waals surface area contributed by atoms with Crippen LogP contribution < -0.4 is 4.74 Å². The van der Waals surface area contributed by atoms with E-state index in [4.69, 9.17) is 9.47 Å². The van der Waals surface area contributed by atoms with Gasteiger partial charge in [0.15, 0.2) is 0 Å². The van der Waals surface area contributed by atoms with Crippen molar-refractivity contribution in [2.24, 2.45) is 0 Å².